The first kappa shape index (κ1) is 16.6. The molecule has 0 bridgehead atoms. The van der Waals surface area contributed by atoms with Crippen molar-refractivity contribution in [2.45, 2.75) is 19.5 Å². The average molecular weight is 418 g/mol. The number of aryl methyl sites for hydroxylation is 1. The molecule has 2 rings (SSSR count). The molecule has 1 heterocycles. The molecule has 0 saturated heterocycles. The number of hydrazine groups is 1. The molecule has 1 aromatic heterocycles. The SMILES string of the molecule is COCCn1ncc(Br)c1C(NN)c1ccc(C)c(Br)c1. The van der Waals surface area contributed by atoms with Gasteiger partial charge in [0, 0.05) is 11.6 Å². The molecule has 2 aromatic rings. The highest BCUT2D eigenvalue weighted by Crippen LogP contribution is 2.30. The van der Waals surface area contributed by atoms with Crippen LogP contribution in [0.3, 0.4) is 0 Å². The highest BCUT2D eigenvalue weighted by atomic mass is 79.9. The second-order valence-corrected chi connectivity index (χ2v) is 6.41. The molecule has 1 unspecified atom stereocenters. The lowest BCUT2D eigenvalue weighted by Gasteiger charge is -2.19. The lowest BCUT2D eigenvalue weighted by molar-refractivity contribution is 0.182. The van der Waals surface area contributed by atoms with E-state index in [2.05, 4.69) is 67.5 Å². The number of aromatic nitrogens is 2. The van der Waals surface area contributed by atoms with Crippen LogP contribution < -0.4 is 11.3 Å². The van der Waals surface area contributed by atoms with Crippen molar-refractivity contribution in [3.63, 3.8) is 0 Å². The van der Waals surface area contributed by atoms with Crippen molar-refractivity contribution >= 4 is 31.9 Å². The first-order chi connectivity index (χ1) is 10.1. The number of nitrogens with one attached hydrogen (secondary N) is 1. The van der Waals surface area contributed by atoms with E-state index in [4.69, 9.17) is 10.6 Å². The van der Waals surface area contributed by atoms with E-state index in [1.54, 1.807) is 13.3 Å². The van der Waals surface area contributed by atoms with Crippen LogP contribution in [0.2, 0.25) is 0 Å². The quantitative estimate of drug-likeness (QED) is 0.560. The summed E-state index contributed by atoms with van der Waals surface area (Å²) in [7, 11) is 1.67. The van der Waals surface area contributed by atoms with Gasteiger partial charge in [-0.15, -0.1) is 0 Å². The van der Waals surface area contributed by atoms with Crippen molar-refractivity contribution in [3.8, 4) is 0 Å². The zero-order valence-corrected chi connectivity index (χ0v) is 15.1. The van der Waals surface area contributed by atoms with Gasteiger partial charge < -0.3 is 4.74 Å². The van der Waals surface area contributed by atoms with Crippen molar-refractivity contribution in [2.75, 3.05) is 13.7 Å². The Kier molecular flexibility index (Phi) is 5.95. The van der Waals surface area contributed by atoms with Gasteiger partial charge in [-0.05, 0) is 40.0 Å². The molecule has 3 N–H and O–H groups in total. The molecule has 0 aliphatic heterocycles. The molecule has 0 radical (unpaired) electrons. The normalized spacial score (nSPS) is 12.6. The zero-order valence-electron chi connectivity index (χ0n) is 11.9. The third kappa shape index (κ3) is 3.73. The van der Waals surface area contributed by atoms with Gasteiger partial charge in [-0.1, -0.05) is 28.1 Å². The number of nitrogens with two attached hydrogens (primary N) is 1. The molecule has 5 nitrogen and oxygen atoms in total. The number of halogens is 2. The Morgan fingerprint density at radius 3 is 2.76 bits per heavy atom. The summed E-state index contributed by atoms with van der Waals surface area (Å²) in [6, 6.07) is 6.04. The Labute approximate surface area is 141 Å². The molecule has 0 amide bonds. The van der Waals surface area contributed by atoms with Gasteiger partial charge in [0.1, 0.15) is 0 Å². The monoisotopic (exact) mass is 416 g/mol. The van der Waals surface area contributed by atoms with Crippen LogP contribution >= 0.6 is 31.9 Å². The summed E-state index contributed by atoms with van der Waals surface area (Å²) in [5, 5.41) is 4.37. The third-order valence-electron chi connectivity index (χ3n) is 3.31. The molecular formula is C14H18Br2N4O. The van der Waals surface area contributed by atoms with Gasteiger partial charge in [0.15, 0.2) is 0 Å². The Balaban J connectivity index is 2.40. The van der Waals surface area contributed by atoms with Crippen molar-refractivity contribution < 1.29 is 4.74 Å². The third-order valence-corrected chi connectivity index (χ3v) is 4.78. The molecule has 0 aliphatic carbocycles. The summed E-state index contributed by atoms with van der Waals surface area (Å²) in [4.78, 5) is 0. The lowest BCUT2D eigenvalue weighted by Crippen LogP contribution is -2.31. The number of rotatable bonds is 6. The van der Waals surface area contributed by atoms with Gasteiger partial charge in [-0.3, -0.25) is 10.5 Å². The predicted molar refractivity (Wildman–Crippen MR) is 89.8 cm³/mol. The molecular weight excluding hydrogens is 400 g/mol. The van der Waals surface area contributed by atoms with Crippen LogP contribution in [0.1, 0.15) is 22.9 Å². The molecule has 0 saturated carbocycles. The highest BCUT2D eigenvalue weighted by molar-refractivity contribution is 9.10. The maximum atomic E-state index is 5.79. The lowest BCUT2D eigenvalue weighted by atomic mass is 10.0. The summed E-state index contributed by atoms with van der Waals surface area (Å²) in [5.41, 5.74) is 6.10. The Bertz CT molecular complexity index is 615. The van der Waals surface area contributed by atoms with E-state index in [9.17, 15) is 0 Å². The smallest absolute Gasteiger partial charge is 0.0890 e. The van der Waals surface area contributed by atoms with Crippen LogP contribution in [0.5, 0.6) is 0 Å². The number of ether oxygens (including phenoxy) is 1. The predicted octanol–water partition coefficient (Wildman–Crippen LogP) is 2.92. The second kappa shape index (κ2) is 7.51. The minimum absolute atomic E-state index is 0.157. The van der Waals surface area contributed by atoms with Crippen LogP contribution in [0.25, 0.3) is 0 Å². The Morgan fingerprint density at radius 2 is 2.14 bits per heavy atom. The van der Waals surface area contributed by atoms with Gasteiger partial charge >= 0.3 is 0 Å². The van der Waals surface area contributed by atoms with E-state index >= 15 is 0 Å². The van der Waals surface area contributed by atoms with E-state index in [0.717, 1.165) is 20.2 Å². The van der Waals surface area contributed by atoms with Crippen LogP contribution in [-0.2, 0) is 11.3 Å². The maximum absolute atomic E-state index is 5.79. The summed E-state index contributed by atoms with van der Waals surface area (Å²) < 4.78 is 8.99. The molecule has 1 atom stereocenters. The van der Waals surface area contributed by atoms with Crippen molar-refractivity contribution in [1.29, 1.82) is 0 Å². The molecule has 0 fully saturated rings. The van der Waals surface area contributed by atoms with E-state index in [1.807, 2.05) is 4.68 Å². The van der Waals surface area contributed by atoms with Gasteiger partial charge in [-0.2, -0.15) is 5.10 Å². The van der Waals surface area contributed by atoms with E-state index in [-0.39, 0.29) is 6.04 Å². The standard InChI is InChI=1S/C14H18Br2N4O/c1-9-3-4-10(7-11(9)15)13(19-17)14-12(16)8-18-20(14)5-6-21-2/h3-4,7-8,13,19H,5-6,17H2,1-2H3. The second-order valence-electron chi connectivity index (χ2n) is 4.70. The van der Waals surface area contributed by atoms with Gasteiger partial charge in [0.2, 0.25) is 0 Å². The van der Waals surface area contributed by atoms with Crippen molar-refractivity contribution in [3.05, 3.63) is 50.2 Å². The largest absolute Gasteiger partial charge is 0.383 e. The number of benzene rings is 1. The number of hydrogen-bond acceptors (Lipinski definition) is 4. The molecule has 114 valence electrons. The fraction of sp³-hybridized carbons (Fsp3) is 0.357. The van der Waals surface area contributed by atoms with Crippen LogP contribution in [0, 0.1) is 6.92 Å². The Morgan fingerprint density at radius 1 is 1.38 bits per heavy atom. The minimum Gasteiger partial charge on any atom is -0.383 e. The highest BCUT2D eigenvalue weighted by Gasteiger charge is 2.21. The minimum atomic E-state index is -0.157. The van der Waals surface area contributed by atoms with Gasteiger partial charge in [0.25, 0.3) is 0 Å². The van der Waals surface area contributed by atoms with Crippen LogP contribution in [0.15, 0.2) is 33.3 Å². The number of methoxy groups -OCH3 is 1. The van der Waals surface area contributed by atoms with E-state index in [1.165, 1.54) is 5.56 Å². The van der Waals surface area contributed by atoms with E-state index < -0.39 is 0 Å². The first-order valence-corrected chi connectivity index (χ1v) is 8.09. The van der Waals surface area contributed by atoms with Crippen molar-refractivity contribution in [2.24, 2.45) is 5.84 Å². The Hall–Kier alpha value is -0.730. The fourth-order valence-corrected chi connectivity index (χ4v) is 3.06. The number of nitrogens with zero attached hydrogens (tertiary/aromatic N) is 2. The summed E-state index contributed by atoms with van der Waals surface area (Å²) in [6.45, 7) is 3.32. The van der Waals surface area contributed by atoms with Gasteiger partial charge in [0.05, 0.1) is 35.6 Å². The van der Waals surface area contributed by atoms with Gasteiger partial charge in [-0.25, -0.2) is 5.43 Å². The maximum Gasteiger partial charge on any atom is 0.0890 e. The molecule has 7 heteroatoms. The summed E-state index contributed by atoms with van der Waals surface area (Å²) in [5.74, 6) is 5.79. The molecule has 0 aliphatic rings. The molecule has 1 aromatic carbocycles. The average Bonchev–Trinajstić information content (AvgIpc) is 2.83. The molecule has 0 spiro atoms. The topological polar surface area (TPSA) is 65.1 Å². The summed E-state index contributed by atoms with van der Waals surface area (Å²) >= 11 is 7.11. The zero-order chi connectivity index (χ0) is 15.4. The summed E-state index contributed by atoms with van der Waals surface area (Å²) in [6.07, 6.45) is 1.78. The number of hydrogen-bond donors (Lipinski definition) is 2. The first-order valence-electron chi connectivity index (χ1n) is 6.50. The van der Waals surface area contributed by atoms with Crippen LogP contribution in [-0.4, -0.2) is 23.5 Å². The molecule has 21 heavy (non-hydrogen) atoms. The van der Waals surface area contributed by atoms with E-state index in [0.29, 0.717) is 13.2 Å². The van der Waals surface area contributed by atoms with Crippen molar-refractivity contribution in [1.82, 2.24) is 15.2 Å². The fourth-order valence-electron chi connectivity index (χ4n) is 2.14. The van der Waals surface area contributed by atoms with Crippen LogP contribution in [0.4, 0.5) is 0 Å².